The minimum Gasteiger partial charge on any atom is -0.334 e. The maximum absolute atomic E-state index is 3.11. The largest absolute Gasteiger partial charge is 0.334 e. The molecule has 0 N–H and O–H groups in total. The third-order valence-corrected chi connectivity index (χ3v) is 28.4. The number of fused-ring (bicyclic) bond motifs is 10. The minimum absolute atomic E-state index is 0.0216. The van der Waals surface area contributed by atoms with Gasteiger partial charge in [-0.3, -0.25) is 0 Å². The fourth-order valence-corrected chi connectivity index (χ4v) is 21.9. The molecule has 8 aromatic carbocycles. The highest BCUT2D eigenvalue weighted by atomic mass is 15.2. The molecule has 0 bridgehead atoms. The van der Waals surface area contributed by atoms with Crippen LogP contribution in [-0.4, -0.2) is 27.9 Å². The average Bonchev–Trinajstić information content (AvgIpc) is 0.934. The summed E-state index contributed by atoms with van der Waals surface area (Å²) in [4.78, 5) is 6.22. The second kappa shape index (κ2) is 28.1. The molecule has 0 spiro atoms. The molecular weight excluding hydrogens is 1360 g/mol. The zero-order valence-electron chi connectivity index (χ0n) is 72.0. The number of benzene rings is 8. The first kappa shape index (κ1) is 75.8. The molecular formula is C108H127BN4. The summed E-state index contributed by atoms with van der Waals surface area (Å²) in [5.41, 5.74) is 34.9. The molecule has 8 aliphatic rings. The molecule has 0 radical (unpaired) electrons. The highest BCUT2D eigenvalue weighted by Crippen LogP contribution is 2.55. The summed E-state index contributed by atoms with van der Waals surface area (Å²) < 4.78 is 5.36. The van der Waals surface area contributed by atoms with E-state index in [1.807, 2.05) is 0 Å². The van der Waals surface area contributed by atoms with Gasteiger partial charge in [-0.1, -0.05) is 239 Å². The van der Waals surface area contributed by atoms with Crippen LogP contribution in [0.2, 0.25) is 0 Å². The van der Waals surface area contributed by atoms with Gasteiger partial charge in [0.05, 0.1) is 34.2 Å². The SMILES string of the molecule is CC(C)(C)c1cc(-c2cc3c4c(c2)N(C2C(C5CC=CCC5)=CCCC2C2=CCCCC2)c2cc(-n5c6ccc(C(C)(C)C)cc6c6cc(C(C)(C)C)ccc65)ccc2B4c2ccc(-n4c5ccc(C(C)(C)C)cc5c5cc(C(C)(C)C)ccc54)cc2N3C2C(C3CC=CCC3)=CCCC2C2=CCCCC2)cc(C(C)(C)C)c1. The van der Waals surface area contributed by atoms with Crippen molar-refractivity contribution in [1.29, 1.82) is 0 Å². The predicted molar refractivity (Wildman–Crippen MR) is 490 cm³/mol. The van der Waals surface area contributed by atoms with Crippen molar-refractivity contribution in [2.75, 3.05) is 9.80 Å². The van der Waals surface area contributed by atoms with Crippen LogP contribution in [-0.2, 0) is 32.5 Å². The molecule has 6 unspecified atom stereocenters. The van der Waals surface area contributed by atoms with Crippen LogP contribution in [0.4, 0.5) is 22.7 Å². The highest BCUT2D eigenvalue weighted by molar-refractivity contribution is 7.00. The van der Waals surface area contributed by atoms with E-state index in [1.165, 1.54) is 203 Å². The smallest absolute Gasteiger partial charge is 0.252 e. The van der Waals surface area contributed by atoms with Crippen molar-refractivity contribution >= 4 is 89.5 Å². The number of anilines is 4. The number of nitrogens with zero attached hydrogens (tertiary/aromatic N) is 4. The second-order valence-electron chi connectivity index (χ2n) is 42.2. The molecule has 10 aromatic rings. The third kappa shape index (κ3) is 13.4. The Bertz CT molecular complexity index is 5180. The van der Waals surface area contributed by atoms with E-state index in [-0.39, 0.29) is 51.3 Å². The van der Waals surface area contributed by atoms with E-state index in [4.69, 9.17) is 0 Å². The van der Waals surface area contributed by atoms with Crippen LogP contribution in [0, 0.1) is 23.7 Å². The lowest BCUT2D eigenvalue weighted by Crippen LogP contribution is -2.65. The lowest BCUT2D eigenvalue weighted by Gasteiger charge is -2.53. The van der Waals surface area contributed by atoms with E-state index in [0.717, 1.165) is 51.4 Å². The van der Waals surface area contributed by atoms with Crippen LogP contribution in [0.15, 0.2) is 210 Å². The van der Waals surface area contributed by atoms with Crippen molar-refractivity contribution < 1.29 is 0 Å². The highest BCUT2D eigenvalue weighted by Gasteiger charge is 2.51. The zero-order valence-corrected chi connectivity index (χ0v) is 72.0. The van der Waals surface area contributed by atoms with E-state index in [0.29, 0.717) is 23.7 Å². The summed E-state index contributed by atoms with van der Waals surface area (Å²) in [6, 6.07) is 59.4. The molecule has 5 heteroatoms. The van der Waals surface area contributed by atoms with Gasteiger partial charge in [-0.05, 0) is 317 Å². The average molecular weight is 1490 g/mol. The Balaban J connectivity index is 1.00. The van der Waals surface area contributed by atoms with Crippen LogP contribution in [0.5, 0.6) is 0 Å². The minimum atomic E-state index is -0.0917. The van der Waals surface area contributed by atoms with E-state index in [2.05, 4.69) is 332 Å². The monoisotopic (exact) mass is 1490 g/mol. The first-order valence-electron chi connectivity index (χ1n) is 44.3. The van der Waals surface area contributed by atoms with Crippen molar-refractivity contribution in [3.05, 3.63) is 244 Å². The van der Waals surface area contributed by atoms with E-state index in [1.54, 1.807) is 22.3 Å². The summed E-state index contributed by atoms with van der Waals surface area (Å²) in [5.74, 6) is 1.59. The van der Waals surface area contributed by atoms with Gasteiger partial charge in [0.1, 0.15) is 0 Å². The quantitative estimate of drug-likeness (QED) is 0.106. The van der Waals surface area contributed by atoms with Gasteiger partial charge in [-0.15, -0.1) is 0 Å². The molecule has 0 amide bonds. The Hall–Kier alpha value is -8.54. The molecule has 2 aliphatic heterocycles. The van der Waals surface area contributed by atoms with E-state index in [9.17, 15) is 0 Å². The molecule has 113 heavy (non-hydrogen) atoms. The lowest BCUT2D eigenvalue weighted by atomic mass is 9.33. The van der Waals surface area contributed by atoms with Crippen LogP contribution in [0.1, 0.15) is 274 Å². The maximum atomic E-state index is 3.11. The second-order valence-corrected chi connectivity index (χ2v) is 42.2. The first-order chi connectivity index (χ1) is 53.8. The Morgan fingerprint density at radius 3 is 1.00 bits per heavy atom. The standard InChI is InChI=1S/C108H127BN4/c1-103(2,3)74-45-53-92-86(62-74)87-63-75(104(4,5)6)46-54-93(87)110(92)80-49-51-90-96(66-80)112(101-82(68-33-23-19-24-34-68)41-31-42-83(101)69-35-25-20-26-36-69)98-59-73(72-57-78(107(13,14)15)61-79(58-72)108(16,17)18)60-99-100(98)109(90)91-52-50-81(111-94-55-47-76(105(7,8)9)64-88(94)89-65-77(106(10,11)12)48-56-95(89)111)67-97(91)113(99)102-84(70-37-27-21-28-38-70)43-32-44-85(102)71-39-29-22-30-40-71/h19,21,23,27,35,39,41,43,45-68,70,83,85,101-102H,20,22,24-26,28-34,36-38,40,42,44H2,1-18H3. The predicted octanol–water partition coefficient (Wildman–Crippen LogP) is 27.9. The van der Waals surface area contributed by atoms with Gasteiger partial charge in [-0.25, -0.2) is 0 Å². The van der Waals surface area contributed by atoms with Crippen molar-refractivity contribution in [3.63, 3.8) is 0 Å². The number of hydrogen-bond acceptors (Lipinski definition) is 2. The lowest BCUT2D eigenvalue weighted by molar-refractivity contribution is 0.391. The van der Waals surface area contributed by atoms with Crippen LogP contribution in [0.25, 0.3) is 66.1 Å². The molecule has 582 valence electrons. The molecule has 4 nitrogen and oxygen atoms in total. The topological polar surface area (TPSA) is 16.3 Å². The van der Waals surface area contributed by atoms with E-state index < -0.39 is 0 Å². The fraction of sp³-hybridized carbons (Fsp3) is 0.444. The van der Waals surface area contributed by atoms with Crippen molar-refractivity contribution in [2.45, 2.75) is 285 Å². The normalized spacial score (nSPS) is 21.9. The molecule has 6 atom stereocenters. The molecule has 2 aromatic heterocycles. The zero-order chi connectivity index (χ0) is 78.7. The van der Waals surface area contributed by atoms with Gasteiger partial charge in [0.2, 0.25) is 0 Å². The summed E-state index contributed by atoms with van der Waals surface area (Å²) in [5, 5.41) is 5.33. The number of rotatable bonds is 9. The Kier molecular flexibility index (Phi) is 18.9. The maximum Gasteiger partial charge on any atom is 0.252 e. The third-order valence-electron chi connectivity index (χ3n) is 28.4. The molecule has 0 saturated carbocycles. The van der Waals surface area contributed by atoms with E-state index >= 15 is 0 Å². The molecule has 0 fully saturated rings. The first-order valence-corrected chi connectivity index (χ1v) is 44.3. The number of aromatic nitrogens is 2. The Morgan fingerprint density at radius 1 is 0.310 bits per heavy atom. The summed E-state index contributed by atoms with van der Waals surface area (Å²) in [6.07, 6.45) is 42.3. The number of allylic oxidation sites excluding steroid dienone is 8. The van der Waals surface area contributed by atoms with Gasteiger partial charge in [0, 0.05) is 67.5 Å². The van der Waals surface area contributed by atoms with Gasteiger partial charge >= 0.3 is 0 Å². The van der Waals surface area contributed by atoms with Crippen LogP contribution in [0.3, 0.4) is 0 Å². The van der Waals surface area contributed by atoms with Crippen molar-refractivity contribution in [1.82, 2.24) is 9.13 Å². The molecule has 6 aliphatic carbocycles. The Labute approximate surface area is 678 Å². The van der Waals surface area contributed by atoms with Crippen LogP contribution >= 0.6 is 0 Å². The summed E-state index contributed by atoms with van der Waals surface area (Å²) >= 11 is 0. The van der Waals surface area contributed by atoms with Crippen molar-refractivity contribution in [2.24, 2.45) is 23.7 Å². The molecule has 0 saturated heterocycles. The molecule has 18 rings (SSSR count). The van der Waals surface area contributed by atoms with Crippen molar-refractivity contribution in [3.8, 4) is 22.5 Å². The van der Waals surface area contributed by atoms with Gasteiger partial charge < -0.3 is 18.9 Å². The Morgan fingerprint density at radius 2 is 0.673 bits per heavy atom. The van der Waals surface area contributed by atoms with Gasteiger partial charge in [-0.2, -0.15) is 0 Å². The van der Waals surface area contributed by atoms with Crippen LogP contribution < -0.4 is 26.2 Å². The summed E-state index contributed by atoms with van der Waals surface area (Å²) in [6.45, 7) is 43.1. The van der Waals surface area contributed by atoms with Gasteiger partial charge in [0.15, 0.2) is 0 Å². The molecule has 4 heterocycles. The summed E-state index contributed by atoms with van der Waals surface area (Å²) in [7, 11) is 0. The fourth-order valence-electron chi connectivity index (χ4n) is 21.9. The van der Waals surface area contributed by atoms with Gasteiger partial charge in [0.25, 0.3) is 6.71 Å². The number of hydrogen-bond donors (Lipinski definition) is 0.